The zero-order chi connectivity index (χ0) is 21.0. The number of benzene rings is 2. The Bertz CT molecular complexity index is 921. The second-order valence-corrected chi connectivity index (χ2v) is 6.67. The number of nitriles is 1. The van der Waals surface area contributed by atoms with E-state index in [1.807, 2.05) is 0 Å². The molecule has 0 radical (unpaired) electrons. The third kappa shape index (κ3) is 3.02. The van der Waals surface area contributed by atoms with Gasteiger partial charge in [-0.25, -0.2) is 4.39 Å². The third-order valence-electron chi connectivity index (χ3n) is 4.92. The molecule has 0 unspecified atom stereocenters. The van der Waals surface area contributed by atoms with Gasteiger partial charge in [-0.15, -0.1) is 0 Å². The quantitative estimate of drug-likeness (QED) is 0.702. The predicted octanol–water partition coefficient (Wildman–Crippen LogP) is 5.36. The smallest absolute Gasteiger partial charge is 0.369 e. The molecule has 1 aliphatic carbocycles. The fourth-order valence-electron chi connectivity index (χ4n) is 3.02. The molecule has 28 heavy (non-hydrogen) atoms. The van der Waals surface area contributed by atoms with Crippen LogP contribution in [-0.2, 0) is 11.0 Å². The number of halogens is 7. The molecule has 3 rings (SSSR count). The van der Waals surface area contributed by atoms with Gasteiger partial charge >= 0.3 is 12.4 Å². The second-order valence-electron chi connectivity index (χ2n) is 6.67. The summed E-state index contributed by atoms with van der Waals surface area (Å²) in [6.07, 6.45) is -10.8. The minimum atomic E-state index is -5.99. The molecule has 0 bridgehead atoms. The van der Waals surface area contributed by atoms with Crippen molar-refractivity contribution in [3.8, 4) is 17.2 Å². The first-order valence-electron chi connectivity index (χ1n) is 8.04. The topological polar surface area (TPSA) is 44.0 Å². The number of hydrogen-bond acceptors (Lipinski definition) is 2. The van der Waals surface area contributed by atoms with Crippen molar-refractivity contribution >= 4 is 0 Å². The standard InChI is InChI=1S/C19H12F7NO/c20-15-9-13(16(10-27)7-8-16)5-6-14(15)11-1-3-12(4-2-11)17(28,18(21,22)23)19(24,25)26/h1-6,9,28H,7-8H2. The summed E-state index contributed by atoms with van der Waals surface area (Å²) < 4.78 is 91.9. The molecule has 1 fully saturated rings. The zero-order valence-corrected chi connectivity index (χ0v) is 14.0. The van der Waals surface area contributed by atoms with E-state index in [1.165, 1.54) is 12.1 Å². The van der Waals surface area contributed by atoms with Gasteiger partial charge < -0.3 is 5.11 Å². The maximum Gasteiger partial charge on any atom is 0.430 e. The van der Waals surface area contributed by atoms with Crippen molar-refractivity contribution in [1.29, 1.82) is 5.26 Å². The van der Waals surface area contributed by atoms with Crippen LogP contribution >= 0.6 is 0 Å². The molecule has 148 valence electrons. The van der Waals surface area contributed by atoms with Crippen molar-refractivity contribution in [3.63, 3.8) is 0 Å². The number of hydrogen-bond donors (Lipinski definition) is 1. The van der Waals surface area contributed by atoms with E-state index < -0.39 is 34.7 Å². The van der Waals surface area contributed by atoms with Crippen LogP contribution in [0.3, 0.4) is 0 Å². The average molecular weight is 403 g/mol. The number of aliphatic hydroxyl groups is 1. The van der Waals surface area contributed by atoms with Crippen LogP contribution in [0, 0.1) is 17.1 Å². The lowest BCUT2D eigenvalue weighted by Gasteiger charge is -2.32. The van der Waals surface area contributed by atoms with Gasteiger partial charge in [0.2, 0.25) is 0 Å². The largest absolute Gasteiger partial charge is 0.430 e. The summed E-state index contributed by atoms with van der Waals surface area (Å²) in [4.78, 5) is 0. The SMILES string of the molecule is N#CC1(c2ccc(-c3ccc(C(O)(C(F)(F)F)C(F)(F)F)cc3)c(F)c2)CC1. The number of rotatable bonds is 3. The van der Waals surface area contributed by atoms with E-state index in [1.54, 1.807) is 0 Å². The monoisotopic (exact) mass is 403 g/mol. The Kier molecular flexibility index (Phi) is 4.46. The Balaban J connectivity index is 1.98. The highest BCUT2D eigenvalue weighted by atomic mass is 19.4. The van der Waals surface area contributed by atoms with E-state index in [0.717, 1.165) is 18.2 Å². The molecule has 1 aliphatic rings. The van der Waals surface area contributed by atoms with Gasteiger partial charge in [0.15, 0.2) is 0 Å². The molecular formula is C19H12F7NO. The molecule has 0 saturated heterocycles. The number of alkyl halides is 6. The minimum absolute atomic E-state index is 0.0290. The summed E-state index contributed by atoms with van der Waals surface area (Å²) in [6, 6.07) is 8.72. The molecule has 0 aliphatic heterocycles. The highest BCUT2D eigenvalue weighted by molar-refractivity contribution is 5.65. The molecular weight excluding hydrogens is 391 g/mol. The van der Waals surface area contributed by atoms with Crippen LogP contribution in [0.4, 0.5) is 30.7 Å². The van der Waals surface area contributed by atoms with Crippen molar-refractivity contribution in [2.75, 3.05) is 0 Å². The van der Waals surface area contributed by atoms with E-state index in [2.05, 4.69) is 6.07 Å². The summed E-state index contributed by atoms with van der Waals surface area (Å²) in [5, 5.41) is 18.5. The molecule has 2 aromatic carbocycles. The molecule has 1 saturated carbocycles. The lowest BCUT2D eigenvalue weighted by Crippen LogP contribution is -2.53. The highest BCUT2D eigenvalue weighted by Crippen LogP contribution is 2.50. The molecule has 0 atom stereocenters. The van der Waals surface area contributed by atoms with Gasteiger partial charge in [0, 0.05) is 11.1 Å². The summed E-state index contributed by atoms with van der Waals surface area (Å²) in [7, 11) is 0. The Labute approximate surface area is 154 Å². The third-order valence-corrected chi connectivity index (χ3v) is 4.92. The molecule has 0 heterocycles. The van der Waals surface area contributed by atoms with Crippen molar-refractivity contribution < 1.29 is 35.8 Å². The number of nitrogens with zero attached hydrogens (tertiary/aromatic N) is 1. The van der Waals surface area contributed by atoms with E-state index in [9.17, 15) is 35.8 Å². The van der Waals surface area contributed by atoms with Crippen molar-refractivity contribution in [2.24, 2.45) is 0 Å². The van der Waals surface area contributed by atoms with Crippen LogP contribution in [-0.4, -0.2) is 17.5 Å². The van der Waals surface area contributed by atoms with Crippen LogP contribution in [0.25, 0.3) is 11.1 Å². The lowest BCUT2D eigenvalue weighted by atomic mass is 9.90. The Morgan fingerprint density at radius 2 is 1.43 bits per heavy atom. The fraction of sp³-hybridized carbons (Fsp3) is 0.316. The van der Waals surface area contributed by atoms with Gasteiger partial charge in [-0.05, 0) is 30.0 Å². The Hall–Kier alpha value is -2.60. The Morgan fingerprint density at radius 3 is 1.82 bits per heavy atom. The van der Waals surface area contributed by atoms with Gasteiger partial charge in [0.1, 0.15) is 5.82 Å². The molecule has 0 aromatic heterocycles. The first kappa shape index (κ1) is 20.1. The summed E-state index contributed by atoms with van der Waals surface area (Å²) in [5.41, 5.74) is -6.75. The van der Waals surface area contributed by atoms with Crippen molar-refractivity contribution in [1.82, 2.24) is 0 Å². The maximum atomic E-state index is 14.4. The molecule has 0 amide bonds. The van der Waals surface area contributed by atoms with Gasteiger partial charge in [0.25, 0.3) is 5.60 Å². The molecule has 1 N–H and O–H groups in total. The lowest BCUT2D eigenvalue weighted by molar-refractivity contribution is -0.376. The molecule has 0 spiro atoms. The van der Waals surface area contributed by atoms with Gasteiger partial charge in [-0.2, -0.15) is 31.6 Å². The first-order valence-corrected chi connectivity index (χ1v) is 8.04. The first-order chi connectivity index (χ1) is 12.9. The summed E-state index contributed by atoms with van der Waals surface area (Å²) in [5.74, 6) is -0.756. The van der Waals surface area contributed by atoms with E-state index in [4.69, 9.17) is 5.26 Å². The second kappa shape index (κ2) is 6.21. The highest BCUT2D eigenvalue weighted by Gasteiger charge is 2.71. The van der Waals surface area contributed by atoms with Crippen LogP contribution in [0.5, 0.6) is 0 Å². The molecule has 2 aromatic rings. The summed E-state index contributed by atoms with van der Waals surface area (Å²) >= 11 is 0. The van der Waals surface area contributed by atoms with Crippen LogP contribution in [0.15, 0.2) is 42.5 Å². The fourth-order valence-corrected chi connectivity index (χ4v) is 3.02. The zero-order valence-electron chi connectivity index (χ0n) is 14.0. The van der Waals surface area contributed by atoms with Gasteiger partial charge in [-0.3, -0.25) is 0 Å². The van der Waals surface area contributed by atoms with Gasteiger partial charge in [-0.1, -0.05) is 36.4 Å². The predicted molar refractivity (Wildman–Crippen MR) is 84.4 cm³/mol. The van der Waals surface area contributed by atoms with Crippen LogP contribution < -0.4 is 0 Å². The van der Waals surface area contributed by atoms with E-state index in [0.29, 0.717) is 30.5 Å². The average Bonchev–Trinajstić information content (AvgIpc) is 3.40. The summed E-state index contributed by atoms with van der Waals surface area (Å²) in [6.45, 7) is 0. The van der Waals surface area contributed by atoms with E-state index in [-0.39, 0.29) is 11.1 Å². The Morgan fingerprint density at radius 1 is 0.893 bits per heavy atom. The molecule has 9 heteroatoms. The molecule has 2 nitrogen and oxygen atoms in total. The minimum Gasteiger partial charge on any atom is -0.369 e. The van der Waals surface area contributed by atoms with Crippen LogP contribution in [0.2, 0.25) is 0 Å². The van der Waals surface area contributed by atoms with Crippen molar-refractivity contribution in [3.05, 3.63) is 59.4 Å². The normalized spacial score (nSPS) is 16.5. The van der Waals surface area contributed by atoms with Gasteiger partial charge in [0.05, 0.1) is 11.5 Å². The van der Waals surface area contributed by atoms with E-state index >= 15 is 0 Å². The van der Waals surface area contributed by atoms with Crippen LogP contribution in [0.1, 0.15) is 24.0 Å². The van der Waals surface area contributed by atoms with Crippen molar-refractivity contribution in [2.45, 2.75) is 36.2 Å². The maximum absolute atomic E-state index is 14.4.